The second kappa shape index (κ2) is 5.41. The molecule has 0 aromatic heterocycles. The highest BCUT2D eigenvalue weighted by Gasteiger charge is 2.21. The molecule has 1 aromatic carbocycles. The van der Waals surface area contributed by atoms with Crippen molar-refractivity contribution in [2.75, 3.05) is 13.2 Å². The third-order valence-corrected chi connectivity index (χ3v) is 3.09. The topological polar surface area (TPSA) is 38.7 Å². The van der Waals surface area contributed by atoms with Gasteiger partial charge in [-0.1, -0.05) is 0 Å². The number of hydrogen-bond donors (Lipinski definition) is 1. The Morgan fingerprint density at radius 3 is 2.47 bits per heavy atom. The Morgan fingerprint density at radius 1 is 1.18 bits per heavy atom. The van der Waals surface area contributed by atoms with Crippen LogP contribution in [0.4, 0.5) is 0 Å². The molecule has 0 saturated heterocycles. The molecule has 1 aromatic rings. The molecule has 0 unspecified atom stereocenters. The number of hydrogen-bond acceptors (Lipinski definition) is 3. The highest BCUT2D eigenvalue weighted by molar-refractivity contribution is 5.49. The van der Waals surface area contributed by atoms with Crippen LogP contribution in [0.2, 0.25) is 0 Å². The molecule has 0 fully saturated rings. The van der Waals surface area contributed by atoms with Gasteiger partial charge in [-0.05, 0) is 56.4 Å². The van der Waals surface area contributed by atoms with E-state index < -0.39 is 0 Å². The summed E-state index contributed by atoms with van der Waals surface area (Å²) >= 11 is 0. The number of aryl methyl sites for hydroxylation is 1. The Labute approximate surface area is 102 Å². The molecule has 3 heteroatoms. The highest BCUT2D eigenvalue weighted by atomic mass is 16.5. The molecule has 1 N–H and O–H groups in total. The van der Waals surface area contributed by atoms with Gasteiger partial charge in [0.2, 0.25) is 0 Å². The summed E-state index contributed by atoms with van der Waals surface area (Å²) in [6.45, 7) is 5.14. The highest BCUT2D eigenvalue weighted by Crippen LogP contribution is 2.38. The molecule has 94 valence electrons. The van der Waals surface area contributed by atoms with Crippen molar-refractivity contribution in [3.63, 3.8) is 0 Å². The number of aliphatic hydroxyl groups is 1. The Morgan fingerprint density at radius 2 is 1.82 bits per heavy atom. The van der Waals surface area contributed by atoms with Crippen LogP contribution in [0.15, 0.2) is 12.1 Å². The van der Waals surface area contributed by atoms with E-state index in [9.17, 15) is 5.11 Å². The molecule has 0 amide bonds. The van der Waals surface area contributed by atoms with Crippen LogP contribution in [0.1, 0.15) is 43.9 Å². The average Bonchev–Trinajstić information content (AvgIpc) is 2.32. The van der Waals surface area contributed by atoms with Crippen LogP contribution in [0.5, 0.6) is 11.5 Å². The smallest absolute Gasteiger partial charge is 0.161 e. The van der Waals surface area contributed by atoms with E-state index in [1.54, 1.807) is 0 Å². The molecule has 0 aliphatic heterocycles. The molecule has 0 spiro atoms. The third-order valence-electron chi connectivity index (χ3n) is 3.09. The second-order valence-electron chi connectivity index (χ2n) is 4.27. The van der Waals surface area contributed by atoms with Gasteiger partial charge in [-0.15, -0.1) is 0 Å². The van der Waals surface area contributed by atoms with Crippen molar-refractivity contribution in [3.05, 3.63) is 23.3 Å². The molecular weight excluding hydrogens is 216 g/mol. The van der Waals surface area contributed by atoms with Gasteiger partial charge in [-0.3, -0.25) is 0 Å². The van der Waals surface area contributed by atoms with Crippen molar-refractivity contribution >= 4 is 0 Å². The fourth-order valence-electron chi connectivity index (χ4n) is 2.32. The van der Waals surface area contributed by atoms with Crippen molar-refractivity contribution < 1.29 is 14.6 Å². The molecule has 0 saturated carbocycles. The van der Waals surface area contributed by atoms with Gasteiger partial charge in [0.05, 0.1) is 19.3 Å². The fourth-order valence-corrected chi connectivity index (χ4v) is 2.32. The number of ether oxygens (including phenoxy) is 2. The minimum absolute atomic E-state index is 0.353. The van der Waals surface area contributed by atoms with E-state index in [1.165, 1.54) is 5.56 Å². The Balaban J connectivity index is 2.39. The first-order valence-electron chi connectivity index (χ1n) is 6.36. The summed E-state index contributed by atoms with van der Waals surface area (Å²) < 4.78 is 11.2. The van der Waals surface area contributed by atoms with Gasteiger partial charge in [0.1, 0.15) is 0 Å². The fraction of sp³-hybridized carbons (Fsp3) is 0.571. The van der Waals surface area contributed by atoms with Crippen molar-refractivity contribution in [1.29, 1.82) is 0 Å². The van der Waals surface area contributed by atoms with E-state index in [4.69, 9.17) is 9.47 Å². The standard InChI is InChI=1S/C14H20O3/c1-3-16-13-8-10-6-5-7-12(15)11(10)9-14(13)17-4-2/h8-9,12,15H,3-7H2,1-2H3/t12-/m0/s1. The lowest BCUT2D eigenvalue weighted by atomic mass is 9.89. The largest absolute Gasteiger partial charge is 0.490 e. The summed E-state index contributed by atoms with van der Waals surface area (Å²) in [5, 5.41) is 9.98. The summed E-state index contributed by atoms with van der Waals surface area (Å²) in [7, 11) is 0. The first-order chi connectivity index (χ1) is 8.26. The van der Waals surface area contributed by atoms with E-state index in [1.807, 2.05) is 26.0 Å². The zero-order valence-corrected chi connectivity index (χ0v) is 10.5. The van der Waals surface area contributed by atoms with Gasteiger partial charge >= 0.3 is 0 Å². The van der Waals surface area contributed by atoms with Crippen LogP contribution in [0.25, 0.3) is 0 Å². The van der Waals surface area contributed by atoms with Gasteiger partial charge in [0, 0.05) is 0 Å². The molecular formula is C14H20O3. The third kappa shape index (κ3) is 2.55. The SMILES string of the molecule is CCOc1cc2c(cc1OCC)[C@@H](O)CCC2. The van der Waals surface area contributed by atoms with E-state index >= 15 is 0 Å². The summed E-state index contributed by atoms with van der Waals surface area (Å²) in [6.07, 6.45) is 2.53. The van der Waals surface area contributed by atoms with Crippen molar-refractivity contribution in [2.45, 2.75) is 39.2 Å². The summed E-state index contributed by atoms with van der Waals surface area (Å²) in [6, 6.07) is 3.96. The maximum atomic E-state index is 9.98. The first kappa shape index (κ1) is 12.2. The molecule has 1 aliphatic rings. The predicted molar refractivity (Wildman–Crippen MR) is 66.7 cm³/mol. The molecule has 1 aliphatic carbocycles. The van der Waals surface area contributed by atoms with E-state index in [-0.39, 0.29) is 6.10 Å². The van der Waals surface area contributed by atoms with E-state index in [0.717, 1.165) is 36.3 Å². The Hall–Kier alpha value is -1.22. The van der Waals surface area contributed by atoms with Crippen LogP contribution in [0.3, 0.4) is 0 Å². The second-order valence-corrected chi connectivity index (χ2v) is 4.27. The Bertz CT molecular complexity index is 387. The molecule has 2 rings (SSSR count). The zero-order valence-electron chi connectivity index (χ0n) is 10.5. The quantitative estimate of drug-likeness (QED) is 0.873. The zero-order chi connectivity index (χ0) is 12.3. The summed E-state index contributed by atoms with van der Waals surface area (Å²) in [4.78, 5) is 0. The lowest BCUT2D eigenvalue weighted by Crippen LogP contribution is -2.10. The van der Waals surface area contributed by atoms with Gasteiger partial charge < -0.3 is 14.6 Å². The number of aliphatic hydroxyl groups excluding tert-OH is 1. The number of benzene rings is 1. The normalized spacial score (nSPS) is 18.6. The van der Waals surface area contributed by atoms with Crippen LogP contribution < -0.4 is 9.47 Å². The summed E-state index contributed by atoms with van der Waals surface area (Å²) in [5.74, 6) is 1.54. The average molecular weight is 236 g/mol. The maximum Gasteiger partial charge on any atom is 0.161 e. The molecule has 17 heavy (non-hydrogen) atoms. The molecule has 0 heterocycles. The number of rotatable bonds is 4. The Kier molecular flexibility index (Phi) is 3.89. The molecule has 0 bridgehead atoms. The van der Waals surface area contributed by atoms with E-state index in [0.29, 0.717) is 13.2 Å². The molecule has 3 nitrogen and oxygen atoms in total. The lowest BCUT2D eigenvalue weighted by Gasteiger charge is -2.23. The van der Waals surface area contributed by atoms with Crippen LogP contribution in [-0.4, -0.2) is 18.3 Å². The van der Waals surface area contributed by atoms with Gasteiger partial charge in [-0.2, -0.15) is 0 Å². The van der Waals surface area contributed by atoms with Crippen LogP contribution >= 0.6 is 0 Å². The monoisotopic (exact) mass is 236 g/mol. The van der Waals surface area contributed by atoms with Crippen LogP contribution in [0, 0.1) is 0 Å². The van der Waals surface area contributed by atoms with Gasteiger partial charge in [-0.25, -0.2) is 0 Å². The van der Waals surface area contributed by atoms with Gasteiger partial charge in [0.15, 0.2) is 11.5 Å². The lowest BCUT2D eigenvalue weighted by molar-refractivity contribution is 0.155. The first-order valence-corrected chi connectivity index (χ1v) is 6.36. The minimum atomic E-state index is -0.353. The predicted octanol–water partition coefficient (Wildman–Crippen LogP) is 2.85. The van der Waals surface area contributed by atoms with Crippen molar-refractivity contribution in [2.24, 2.45) is 0 Å². The van der Waals surface area contributed by atoms with Crippen molar-refractivity contribution in [1.82, 2.24) is 0 Å². The number of fused-ring (bicyclic) bond motifs is 1. The molecule has 1 atom stereocenters. The van der Waals surface area contributed by atoms with E-state index in [2.05, 4.69) is 0 Å². The molecule has 0 radical (unpaired) electrons. The van der Waals surface area contributed by atoms with Crippen LogP contribution in [-0.2, 0) is 6.42 Å². The van der Waals surface area contributed by atoms with Crippen molar-refractivity contribution in [3.8, 4) is 11.5 Å². The summed E-state index contributed by atoms with van der Waals surface area (Å²) in [5.41, 5.74) is 2.19. The minimum Gasteiger partial charge on any atom is -0.490 e. The van der Waals surface area contributed by atoms with Gasteiger partial charge in [0.25, 0.3) is 0 Å². The maximum absolute atomic E-state index is 9.98.